The average Bonchev–Trinajstić information content (AvgIpc) is 2.31. The Morgan fingerprint density at radius 2 is 2.12 bits per heavy atom. The Morgan fingerprint density at radius 3 is 2.76 bits per heavy atom. The van der Waals surface area contributed by atoms with E-state index in [-0.39, 0.29) is 5.97 Å². The molecule has 0 bridgehead atoms. The van der Waals surface area contributed by atoms with Gasteiger partial charge in [0.15, 0.2) is 0 Å². The van der Waals surface area contributed by atoms with E-state index in [0.29, 0.717) is 12.3 Å². The van der Waals surface area contributed by atoms with Crippen molar-refractivity contribution in [3.8, 4) is 5.75 Å². The molecule has 0 saturated heterocycles. The molecule has 0 amide bonds. The van der Waals surface area contributed by atoms with Crippen molar-refractivity contribution in [1.82, 2.24) is 0 Å². The van der Waals surface area contributed by atoms with Gasteiger partial charge in [-0.25, -0.2) is 4.79 Å². The first-order valence-corrected chi connectivity index (χ1v) is 5.42. The van der Waals surface area contributed by atoms with Gasteiger partial charge in [0.1, 0.15) is 5.75 Å². The number of hydrogen-bond donors (Lipinski definition) is 1. The van der Waals surface area contributed by atoms with E-state index >= 15 is 0 Å². The van der Waals surface area contributed by atoms with Gasteiger partial charge >= 0.3 is 5.97 Å². The lowest BCUT2D eigenvalue weighted by molar-refractivity contribution is -0.134. The number of allylic oxidation sites excluding steroid dienone is 1. The highest BCUT2D eigenvalue weighted by Gasteiger charge is 2.03. The molecule has 0 radical (unpaired) electrons. The van der Waals surface area contributed by atoms with Crippen molar-refractivity contribution in [2.75, 3.05) is 19.0 Å². The predicted molar refractivity (Wildman–Crippen MR) is 67.0 cm³/mol. The van der Waals surface area contributed by atoms with Crippen molar-refractivity contribution in [2.45, 2.75) is 13.8 Å². The van der Waals surface area contributed by atoms with Gasteiger partial charge in [-0.05, 0) is 26.0 Å². The summed E-state index contributed by atoms with van der Waals surface area (Å²) >= 11 is 0. The summed E-state index contributed by atoms with van der Waals surface area (Å²) in [5.41, 5.74) is 1.52. The largest absolute Gasteiger partial charge is 0.492 e. The predicted octanol–water partition coefficient (Wildman–Crippen LogP) is 2.57. The molecule has 0 spiro atoms. The monoisotopic (exact) mass is 235 g/mol. The normalized spacial score (nSPS) is 10.9. The molecule has 92 valence electrons. The fraction of sp³-hybridized carbons (Fsp3) is 0.308. The molecule has 0 aliphatic carbocycles. The van der Waals surface area contributed by atoms with Crippen molar-refractivity contribution in [2.24, 2.45) is 0 Å². The molecule has 0 aliphatic rings. The topological polar surface area (TPSA) is 47.6 Å². The van der Waals surface area contributed by atoms with Crippen LogP contribution in [-0.4, -0.2) is 19.7 Å². The van der Waals surface area contributed by atoms with Crippen molar-refractivity contribution >= 4 is 11.7 Å². The average molecular weight is 235 g/mol. The van der Waals surface area contributed by atoms with E-state index in [1.165, 1.54) is 13.2 Å². The van der Waals surface area contributed by atoms with Crippen LogP contribution in [-0.2, 0) is 9.53 Å². The van der Waals surface area contributed by atoms with Crippen LogP contribution in [0.1, 0.15) is 13.8 Å². The summed E-state index contributed by atoms with van der Waals surface area (Å²) in [6, 6.07) is 7.56. The van der Waals surface area contributed by atoms with Crippen LogP contribution >= 0.6 is 0 Å². The lowest BCUT2D eigenvalue weighted by Gasteiger charge is -2.12. The van der Waals surface area contributed by atoms with Gasteiger partial charge in [0.05, 0.1) is 19.4 Å². The highest BCUT2D eigenvalue weighted by Crippen LogP contribution is 2.24. The second kappa shape index (κ2) is 6.58. The molecule has 17 heavy (non-hydrogen) atoms. The molecule has 1 N–H and O–H groups in total. The fourth-order valence-electron chi connectivity index (χ4n) is 1.34. The van der Waals surface area contributed by atoms with Gasteiger partial charge in [0, 0.05) is 11.8 Å². The molecule has 0 atom stereocenters. The number of ether oxygens (including phenoxy) is 2. The molecule has 0 heterocycles. The standard InChI is InChI=1S/C13H17NO3/c1-4-17-12-8-6-5-7-11(12)14-10(2)9-13(15)16-3/h5-9,14H,4H2,1-3H3. The van der Waals surface area contributed by atoms with Crippen LogP contribution in [0, 0.1) is 0 Å². The maximum Gasteiger partial charge on any atom is 0.332 e. The van der Waals surface area contributed by atoms with Gasteiger partial charge in [-0.15, -0.1) is 0 Å². The first kappa shape index (κ1) is 13.1. The molecule has 4 nitrogen and oxygen atoms in total. The maximum absolute atomic E-state index is 11.1. The van der Waals surface area contributed by atoms with Gasteiger partial charge in [-0.2, -0.15) is 0 Å². The molecule has 1 aromatic carbocycles. The van der Waals surface area contributed by atoms with E-state index < -0.39 is 0 Å². The number of benzene rings is 1. The van der Waals surface area contributed by atoms with Crippen molar-refractivity contribution in [3.63, 3.8) is 0 Å². The third kappa shape index (κ3) is 4.18. The zero-order chi connectivity index (χ0) is 12.7. The SMILES string of the molecule is CCOc1ccccc1NC(C)=CC(=O)OC. The van der Waals surface area contributed by atoms with Crippen LogP contribution in [0.25, 0.3) is 0 Å². The smallest absolute Gasteiger partial charge is 0.332 e. The van der Waals surface area contributed by atoms with Crippen LogP contribution in [0.3, 0.4) is 0 Å². The minimum Gasteiger partial charge on any atom is -0.492 e. The Hall–Kier alpha value is -1.97. The molecule has 4 heteroatoms. The Labute approximate surface area is 101 Å². The van der Waals surface area contributed by atoms with Gasteiger partial charge < -0.3 is 14.8 Å². The van der Waals surface area contributed by atoms with Gasteiger partial charge in [0.2, 0.25) is 0 Å². The quantitative estimate of drug-likeness (QED) is 0.629. The molecule has 1 rings (SSSR count). The Balaban J connectivity index is 2.80. The summed E-state index contributed by atoms with van der Waals surface area (Å²) in [7, 11) is 1.35. The number of methoxy groups -OCH3 is 1. The maximum atomic E-state index is 11.1. The van der Waals surface area contributed by atoms with E-state index in [0.717, 1.165) is 11.4 Å². The van der Waals surface area contributed by atoms with Crippen molar-refractivity contribution < 1.29 is 14.3 Å². The number of carbonyl (C=O) groups is 1. The second-order valence-corrected chi connectivity index (χ2v) is 3.40. The lowest BCUT2D eigenvalue weighted by Crippen LogP contribution is -2.03. The molecular weight excluding hydrogens is 218 g/mol. The summed E-state index contributed by atoms with van der Waals surface area (Å²) in [4.78, 5) is 11.1. The zero-order valence-electron chi connectivity index (χ0n) is 10.3. The number of esters is 1. The first-order valence-electron chi connectivity index (χ1n) is 5.42. The molecular formula is C13H17NO3. The van der Waals surface area contributed by atoms with E-state index in [1.54, 1.807) is 6.92 Å². The van der Waals surface area contributed by atoms with Crippen LogP contribution < -0.4 is 10.1 Å². The van der Waals surface area contributed by atoms with Gasteiger partial charge in [-0.1, -0.05) is 12.1 Å². The van der Waals surface area contributed by atoms with E-state index in [2.05, 4.69) is 10.1 Å². The number of nitrogens with one attached hydrogen (secondary N) is 1. The molecule has 0 fully saturated rings. The van der Waals surface area contributed by atoms with Crippen molar-refractivity contribution in [1.29, 1.82) is 0 Å². The highest BCUT2D eigenvalue weighted by atomic mass is 16.5. The number of para-hydroxylation sites is 2. The number of rotatable bonds is 5. The zero-order valence-corrected chi connectivity index (χ0v) is 10.3. The van der Waals surface area contributed by atoms with Crippen molar-refractivity contribution in [3.05, 3.63) is 36.0 Å². The lowest BCUT2D eigenvalue weighted by atomic mass is 10.2. The third-order valence-corrected chi connectivity index (χ3v) is 2.05. The summed E-state index contributed by atoms with van der Waals surface area (Å²) in [6.07, 6.45) is 1.39. The van der Waals surface area contributed by atoms with Crippen LogP contribution in [0.5, 0.6) is 5.75 Å². The van der Waals surface area contributed by atoms with Crippen LogP contribution in [0.4, 0.5) is 5.69 Å². The Kier molecular flexibility index (Phi) is 5.07. The molecule has 0 saturated carbocycles. The second-order valence-electron chi connectivity index (χ2n) is 3.40. The summed E-state index contributed by atoms with van der Waals surface area (Å²) in [5.74, 6) is 0.372. The highest BCUT2D eigenvalue weighted by molar-refractivity contribution is 5.83. The van der Waals surface area contributed by atoms with E-state index in [9.17, 15) is 4.79 Å². The molecule has 0 unspecified atom stereocenters. The Bertz CT molecular complexity index is 413. The minimum absolute atomic E-state index is 0.385. The number of carbonyl (C=O) groups excluding carboxylic acids is 1. The fourth-order valence-corrected chi connectivity index (χ4v) is 1.34. The minimum atomic E-state index is -0.385. The third-order valence-electron chi connectivity index (χ3n) is 2.05. The van der Waals surface area contributed by atoms with Crippen LogP contribution in [0.2, 0.25) is 0 Å². The molecule has 1 aromatic rings. The summed E-state index contributed by atoms with van der Waals surface area (Å²) in [5, 5.41) is 3.10. The summed E-state index contributed by atoms with van der Waals surface area (Å²) in [6.45, 7) is 4.31. The van der Waals surface area contributed by atoms with Gasteiger partial charge in [-0.3, -0.25) is 0 Å². The summed E-state index contributed by atoms with van der Waals surface area (Å²) < 4.78 is 10.0. The molecule has 0 aliphatic heterocycles. The van der Waals surface area contributed by atoms with E-state index in [4.69, 9.17) is 4.74 Å². The number of hydrogen-bond acceptors (Lipinski definition) is 4. The Morgan fingerprint density at radius 1 is 1.41 bits per heavy atom. The number of anilines is 1. The van der Waals surface area contributed by atoms with E-state index in [1.807, 2.05) is 31.2 Å². The molecule has 0 aromatic heterocycles. The van der Waals surface area contributed by atoms with Crippen LogP contribution in [0.15, 0.2) is 36.0 Å². The first-order chi connectivity index (χ1) is 8.17. The van der Waals surface area contributed by atoms with Gasteiger partial charge in [0.25, 0.3) is 0 Å².